The third-order valence-corrected chi connectivity index (χ3v) is 4.35. The van der Waals surface area contributed by atoms with E-state index in [1.54, 1.807) is 6.07 Å². The Balaban J connectivity index is 1.84. The minimum atomic E-state index is -0.307. The number of halogens is 1. The van der Waals surface area contributed by atoms with Crippen LogP contribution in [-0.4, -0.2) is 29.0 Å². The second-order valence-electron chi connectivity index (χ2n) is 5.72. The van der Waals surface area contributed by atoms with Gasteiger partial charge in [-0.1, -0.05) is 26.2 Å². The molecule has 2 rings (SSSR count). The molecule has 0 radical (unpaired) electrons. The molecule has 3 nitrogen and oxygen atoms in total. The number of rotatable bonds is 6. The summed E-state index contributed by atoms with van der Waals surface area (Å²) in [6.45, 7) is 4.30. The van der Waals surface area contributed by atoms with Gasteiger partial charge in [-0.25, -0.2) is 4.39 Å². The third kappa shape index (κ3) is 4.25. The number of nitrogens with two attached hydrogens (primary N) is 1. The van der Waals surface area contributed by atoms with Gasteiger partial charge in [0.05, 0.1) is 11.9 Å². The Bertz CT molecular complexity index is 387. The molecular formula is C16H26FN3. The molecule has 1 heterocycles. The van der Waals surface area contributed by atoms with Crippen molar-refractivity contribution < 1.29 is 4.39 Å². The Morgan fingerprint density at radius 2 is 2.10 bits per heavy atom. The molecule has 4 heteroatoms. The van der Waals surface area contributed by atoms with E-state index in [1.165, 1.54) is 44.4 Å². The van der Waals surface area contributed by atoms with Crippen LogP contribution in [0.3, 0.4) is 0 Å². The predicted molar refractivity (Wildman–Crippen MR) is 79.9 cm³/mol. The molecule has 2 N–H and O–H groups in total. The quantitative estimate of drug-likeness (QED) is 0.869. The van der Waals surface area contributed by atoms with Gasteiger partial charge >= 0.3 is 0 Å². The van der Waals surface area contributed by atoms with Crippen molar-refractivity contribution in [2.45, 2.75) is 57.5 Å². The molecule has 0 spiro atoms. The SMILES string of the molecule is CCN(CCC(N)c1ccc(F)cn1)C1CCCCC1. The lowest BCUT2D eigenvalue weighted by Gasteiger charge is -2.34. The van der Waals surface area contributed by atoms with Gasteiger partial charge in [-0.05, 0) is 37.9 Å². The van der Waals surface area contributed by atoms with Crippen LogP contribution >= 0.6 is 0 Å². The van der Waals surface area contributed by atoms with Crippen molar-refractivity contribution in [3.05, 3.63) is 29.8 Å². The zero-order valence-corrected chi connectivity index (χ0v) is 12.4. The minimum absolute atomic E-state index is 0.103. The zero-order chi connectivity index (χ0) is 14.4. The summed E-state index contributed by atoms with van der Waals surface area (Å²) in [6, 6.07) is 3.74. The Morgan fingerprint density at radius 3 is 2.70 bits per heavy atom. The van der Waals surface area contributed by atoms with Crippen LogP contribution in [0.2, 0.25) is 0 Å². The lowest BCUT2D eigenvalue weighted by molar-refractivity contribution is 0.158. The summed E-state index contributed by atoms with van der Waals surface area (Å²) in [6.07, 6.45) is 8.85. The van der Waals surface area contributed by atoms with Crippen molar-refractivity contribution >= 4 is 0 Å². The van der Waals surface area contributed by atoms with E-state index in [4.69, 9.17) is 5.73 Å². The van der Waals surface area contributed by atoms with Crippen LogP contribution in [0, 0.1) is 5.82 Å². The molecule has 0 saturated heterocycles. The first-order valence-electron chi connectivity index (χ1n) is 7.81. The number of nitrogens with zero attached hydrogens (tertiary/aromatic N) is 2. The van der Waals surface area contributed by atoms with Gasteiger partial charge in [-0.15, -0.1) is 0 Å². The van der Waals surface area contributed by atoms with Crippen LogP contribution in [-0.2, 0) is 0 Å². The van der Waals surface area contributed by atoms with Gasteiger partial charge in [0, 0.05) is 18.6 Å². The highest BCUT2D eigenvalue weighted by Crippen LogP contribution is 2.23. The van der Waals surface area contributed by atoms with E-state index in [0.29, 0.717) is 0 Å². The van der Waals surface area contributed by atoms with Crippen LogP contribution in [0.25, 0.3) is 0 Å². The molecule has 1 atom stereocenters. The number of aromatic nitrogens is 1. The number of hydrogen-bond donors (Lipinski definition) is 1. The van der Waals surface area contributed by atoms with Gasteiger partial charge in [0.1, 0.15) is 5.82 Å². The highest BCUT2D eigenvalue weighted by Gasteiger charge is 2.20. The largest absolute Gasteiger partial charge is 0.323 e. The van der Waals surface area contributed by atoms with Gasteiger partial charge in [-0.3, -0.25) is 4.98 Å². The van der Waals surface area contributed by atoms with E-state index in [-0.39, 0.29) is 11.9 Å². The van der Waals surface area contributed by atoms with Crippen LogP contribution in [0.15, 0.2) is 18.3 Å². The summed E-state index contributed by atoms with van der Waals surface area (Å²) >= 11 is 0. The van der Waals surface area contributed by atoms with Gasteiger partial charge in [0.2, 0.25) is 0 Å². The van der Waals surface area contributed by atoms with Gasteiger partial charge in [-0.2, -0.15) is 0 Å². The molecule has 0 amide bonds. The van der Waals surface area contributed by atoms with Crippen molar-refractivity contribution in [2.75, 3.05) is 13.1 Å². The van der Waals surface area contributed by atoms with E-state index < -0.39 is 0 Å². The van der Waals surface area contributed by atoms with Crippen molar-refractivity contribution in [1.29, 1.82) is 0 Å². The van der Waals surface area contributed by atoms with Crippen molar-refractivity contribution in [2.24, 2.45) is 5.73 Å². The average Bonchev–Trinajstić information content (AvgIpc) is 2.49. The van der Waals surface area contributed by atoms with Crippen molar-refractivity contribution in [1.82, 2.24) is 9.88 Å². The Labute approximate surface area is 121 Å². The van der Waals surface area contributed by atoms with E-state index >= 15 is 0 Å². The maximum atomic E-state index is 12.9. The highest BCUT2D eigenvalue weighted by atomic mass is 19.1. The van der Waals surface area contributed by atoms with Crippen molar-refractivity contribution in [3.8, 4) is 0 Å². The molecule has 0 aliphatic heterocycles. The fraction of sp³-hybridized carbons (Fsp3) is 0.688. The molecule has 1 aromatic rings. The highest BCUT2D eigenvalue weighted by molar-refractivity contribution is 5.09. The van der Waals surface area contributed by atoms with E-state index in [0.717, 1.165) is 31.2 Å². The van der Waals surface area contributed by atoms with Gasteiger partial charge in [0.15, 0.2) is 0 Å². The van der Waals surface area contributed by atoms with Crippen molar-refractivity contribution in [3.63, 3.8) is 0 Å². The summed E-state index contributed by atoms with van der Waals surface area (Å²) < 4.78 is 12.9. The average molecular weight is 279 g/mol. The molecule has 20 heavy (non-hydrogen) atoms. The number of hydrogen-bond acceptors (Lipinski definition) is 3. The van der Waals surface area contributed by atoms with Crippen LogP contribution in [0.1, 0.15) is 57.2 Å². The van der Waals surface area contributed by atoms with E-state index in [9.17, 15) is 4.39 Å². The zero-order valence-electron chi connectivity index (χ0n) is 12.4. The molecule has 0 aromatic carbocycles. The van der Waals surface area contributed by atoms with E-state index in [2.05, 4.69) is 16.8 Å². The maximum Gasteiger partial charge on any atom is 0.141 e. The molecule has 0 bridgehead atoms. The second kappa shape index (κ2) is 7.70. The fourth-order valence-corrected chi connectivity index (χ4v) is 3.10. The Kier molecular flexibility index (Phi) is 5.92. The lowest BCUT2D eigenvalue weighted by atomic mass is 9.94. The smallest absolute Gasteiger partial charge is 0.141 e. The summed E-state index contributed by atoms with van der Waals surface area (Å²) in [5.41, 5.74) is 6.95. The standard InChI is InChI=1S/C16H26FN3/c1-2-20(14-6-4-3-5-7-14)11-10-15(18)16-9-8-13(17)12-19-16/h8-9,12,14-15H,2-7,10-11,18H2,1H3. The molecule has 1 aromatic heterocycles. The molecular weight excluding hydrogens is 253 g/mol. The summed E-state index contributed by atoms with van der Waals surface area (Å²) in [5.74, 6) is -0.307. The Morgan fingerprint density at radius 1 is 1.35 bits per heavy atom. The van der Waals surface area contributed by atoms with E-state index in [1.807, 2.05) is 0 Å². The monoisotopic (exact) mass is 279 g/mol. The second-order valence-corrected chi connectivity index (χ2v) is 5.72. The third-order valence-electron chi connectivity index (χ3n) is 4.35. The molecule has 112 valence electrons. The maximum absolute atomic E-state index is 12.9. The molecule has 1 aliphatic rings. The minimum Gasteiger partial charge on any atom is -0.323 e. The Hall–Kier alpha value is -1.00. The van der Waals surface area contributed by atoms with Gasteiger partial charge < -0.3 is 10.6 Å². The normalized spacial score (nSPS) is 18.4. The summed E-state index contributed by atoms with van der Waals surface area (Å²) in [5, 5.41) is 0. The fourth-order valence-electron chi connectivity index (χ4n) is 3.10. The molecule has 1 aliphatic carbocycles. The van der Waals surface area contributed by atoms with Crippen LogP contribution in [0.5, 0.6) is 0 Å². The van der Waals surface area contributed by atoms with Crippen LogP contribution in [0.4, 0.5) is 4.39 Å². The topological polar surface area (TPSA) is 42.1 Å². The summed E-state index contributed by atoms with van der Waals surface area (Å²) in [4.78, 5) is 6.62. The summed E-state index contributed by atoms with van der Waals surface area (Å²) in [7, 11) is 0. The lowest BCUT2D eigenvalue weighted by Crippen LogP contribution is -2.38. The molecule has 1 saturated carbocycles. The molecule has 1 unspecified atom stereocenters. The first-order chi connectivity index (χ1) is 9.70. The molecule has 1 fully saturated rings. The van der Waals surface area contributed by atoms with Crippen LogP contribution < -0.4 is 5.73 Å². The first-order valence-corrected chi connectivity index (χ1v) is 7.81. The first kappa shape index (κ1) is 15.4. The van der Waals surface area contributed by atoms with Gasteiger partial charge in [0.25, 0.3) is 0 Å². The predicted octanol–water partition coefficient (Wildman–Crippen LogP) is 3.27. The number of pyridine rings is 1.